The van der Waals surface area contributed by atoms with Crippen molar-refractivity contribution in [2.45, 2.75) is 12.8 Å². The molecule has 0 atom stereocenters. The Morgan fingerprint density at radius 2 is 2.11 bits per heavy atom. The highest BCUT2D eigenvalue weighted by Crippen LogP contribution is 2.18. The zero-order valence-electron chi connectivity index (χ0n) is 11.5. The Morgan fingerprint density at radius 1 is 1.37 bits per heavy atom. The summed E-state index contributed by atoms with van der Waals surface area (Å²) in [5.74, 6) is 1.50. The molecular formula is C14H21NO4. The van der Waals surface area contributed by atoms with Gasteiger partial charge in [-0.25, -0.2) is 0 Å². The van der Waals surface area contributed by atoms with Crippen molar-refractivity contribution in [3.8, 4) is 11.5 Å². The van der Waals surface area contributed by atoms with Crippen molar-refractivity contribution >= 4 is 5.91 Å². The summed E-state index contributed by atoms with van der Waals surface area (Å²) < 4.78 is 10.6. The molecule has 106 valence electrons. The van der Waals surface area contributed by atoms with Gasteiger partial charge in [-0.1, -0.05) is 6.07 Å². The van der Waals surface area contributed by atoms with Gasteiger partial charge in [-0.2, -0.15) is 0 Å². The minimum Gasteiger partial charge on any atom is -0.497 e. The van der Waals surface area contributed by atoms with Crippen molar-refractivity contribution in [1.82, 2.24) is 4.90 Å². The van der Waals surface area contributed by atoms with Gasteiger partial charge in [0.2, 0.25) is 5.91 Å². The normalized spacial score (nSPS) is 10.1. The first kappa shape index (κ1) is 15.3. The van der Waals surface area contributed by atoms with E-state index < -0.39 is 0 Å². The summed E-state index contributed by atoms with van der Waals surface area (Å²) in [7, 11) is 3.29. The Morgan fingerprint density at radius 3 is 2.79 bits per heavy atom. The zero-order valence-corrected chi connectivity index (χ0v) is 11.5. The van der Waals surface area contributed by atoms with E-state index in [0.29, 0.717) is 26.0 Å². The van der Waals surface area contributed by atoms with Crippen LogP contribution in [-0.4, -0.2) is 49.8 Å². The van der Waals surface area contributed by atoms with Crippen LogP contribution < -0.4 is 9.47 Å². The Labute approximate surface area is 113 Å². The number of hydrogen-bond acceptors (Lipinski definition) is 4. The number of aliphatic hydroxyl groups is 1. The van der Waals surface area contributed by atoms with E-state index in [2.05, 4.69) is 0 Å². The third-order valence-electron chi connectivity index (χ3n) is 2.71. The van der Waals surface area contributed by atoms with Gasteiger partial charge in [0.05, 0.1) is 20.3 Å². The van der Waals surface area contributed by atoms with Gasteiger partial charge in [0, 0.05) is 26.1 Å². The van der Waals surface area contributed by atoms with Crippen LogP contribution >= 0.6 is 0 Å². The lowest BCUT2D eigenvalue weighted by molar-refractivity contribution is -0.130. The van der Waals surface area contributed by atoms with Gasteiger partial charge in [-0.15, -0.1) is 0 Å². The summed E-state index contributed by atoms with van der Waals surface area (Å²) in [6.07, 6.45) is 1.06. The predicted molar refractivity (Wildman–Crippen MR) is 72.4 cm³/mol. The number of hydrogen-bond donors (Lipinski definition) is 1. The highest BCUT2D eigenvalue weighted by Gasteiger charge is 2.07. The molecule has 1 aromatic rings. The van der Waals surface area contributed by atoms with Gasteiger partial charge in [0.15, 0.2) is 0 Å². The zero-order chi connectivity index (χ0) is 14.1. The lowest BCUT2D eigenvalue weighted by Gasteiger charge is -2.15. The molecule has 0 aliphatic rings. The van der Waals surface area contributed by atoms with Crippen LogP contribution in [-0.2, 0) is 4.79 Å². The second-order valence-electron chi connectivity index (χ2n) is 4.17. The average molecular weight is 267 g/mol. The fraction of sp³-hybridized carbons (Fsp3) is 0.500. The van der Waals surface area contributed by atoms with E-state index >= 15 is 0 Å². The maximum Gasteiger partial charge on any atom is 0.222 e. The number of ether oxygens (including phenoxy) is 2. The number of carbonyl (C=O) groups is 1. The van der Waals surface area contributed by atoms with E-state index in [1.54, 1.807) is 20.2 Å². The quantitative estimate of drug-likeness (QED) is 0.721. The van der Waals surface area contributed by atoms with Crippen molar-refractivity contribution < 1.29 is 19.4 Å². The summed E-state index contributed by atoms with van der Waals surface area (Å²) in [5, 5.41) is 8.72. The first-order chi connectivity index (χ1) is 9.17. The van der Waals surface area contributed by atoms with Crippen molar-refractivity contribution in [3.05, 3.63) is 24.3 Å². The van der Waals surface area contributed by atoms with E-state index in [0.717, 1.165) is 11.5 Å². The molecule has 19 heavy (non-hydrogen) atoms. The molecule has 1 rings (SSSR count). The molecule has 0 radical (unpaired) electrons. The topological polar surface area (TPSA) is 59.0 Å². The van der Waals surface area contributed by atoms with E-state index in [1.807, 2.05) is 18.2 Å². The summed E-state index contributed by atoms with van der Waals surface area (Å²) >= 11 is 0. The molecule has 5 heteroatoms. The monoisotopic (exact) mass is 267 g/mol. The van der Waals surface area contributed by atoms with Crippen LogP contribution in [0.2, 0.25) is 0 Å². The maximum atomic E-state index is 11.6. The molecule has 0 bridgehead atoms. The third-order valence-corrected chi connectivity index (χ3v) is 2.71. The third kappa shape index (κ3) is 5.61. The van der Waals surface area contributed by atoms with Crippen LogP contribution in [0.1, 0.15) is 12.8 Å². The molecule has 0 aromatic heterocycles. The van der Waals surface area contributed by atoms with Crippen molar-refractivity contribution in [1.29, 1.82) is 0 Å². The average Bonchev–Trinajstić information content (AvgIpc) is 2.43. The second-order valence-corrected chi connectivity index (χ2v) is 4.17. The number of methoxy groups -OCH3 is 1. The Balaban J connectivity index is 2.25. The fourth-order valence-electron chi connectivity index (χ4n) is 1.57. The molecule has 0 heterocycles. The van der Waals surface area contributed by atoms with Crippen LogP contribution in [0.3, 0.4) is 0 Å². The Kier molecular flexibility index (Phi) is 6.74. The van der Waals surface area contributed by atoms with Crippen LogP contribution in [0.5, 0.6) is 11.5 Å². The second kappa shape index (κ2) is 8.37. The van der Waals surface area contributed by atoms with E-state index in [9.17, 15) is 4.79 Å². The van der Waals surface area contributed by atoms with Crippen LogP contribution in [0.4, 0.5) is 0 Å². The summed E-state index contributed by atoms with van der Waals surface area (Å²) in [4.78, 5) is 13.1. The first-order valence-corrected chi connectivity index (χ1v) is 6.29. The highest BCUT2D eigenvalue weighted by molar-refractivity contribution is 5.75. The summed E-state index contributed by atoms with van der Waals surface area (Å²) in [6.45, 7) is 0.837. The van der Waals surface area contributed by atoms with Gasteiger partial charge < -0.3 is 19.5 Å². The molecule has 0 spiro atoms. The minimum atomic E-state index is -0.0114. The Bertz CT molecular complexity index is 395. The highest BCUT2D eigenvalue weighted by atomic mass is 16.5. The molecule has 1 amide bonds. The molecule has 1 N–H and O–H groups in total. The molecule has 0 fully saturated rings. The van der Waals surface area contributed by atoms with E-state index in [4.69, 9.17) is 14.6 Å². The lowest BCUT2D eigenvalue weighted by Crippen LogP contribution is -2.29. The molecule has 0 aliphatic carbocycles. The van der Waals surface area contributed by atoms with Gasteiger partial charge in [-0.3, -0.25) is 4.79 Å². The van der Waals surface area contributed by atoms with Crippen molar-refractivity contribution in [2.24, 2.45) is 0 Å². The number of nitrogens with zero attached hydrogens (tertiary/aromatic N) is 1. The van der Waals surface area contributed by atoms with Gasteiger partial charge >= 0.3 is 0 Å². The van der Waals surface area contributed by atoms with Crippen LogP contribution in [0.25, 0.3) is 0 Å². The SMILES string of the molecule is COc1cccc(OCCCC(=O)N(C)CCO)c1. The number of rotatable bonds is 8. The van der Waals surface area contributed by atoms with Gasteiger partial charge in [-0.05, 0) is 18.6 Å². The van der Waals surface area contributed by atoms with E-state index in [1.165, 1.54) is 4.90 Å². The van der Waals surface area contributed by atoms with Crippen LogP contribution in [0, 0.1) is 0 Å². The lowest BCUT2D eigenvalue weighted by atomic mass is 10.3. The maximum absolute atomic E-state index is 11.6. The number of likely N-dealkylation sites (N-methyl/N-ethyl adjacent to an activating group) is 1. The van der Waals surface area contributed by atoms with Crippen molar-refractivity contribution in [3.63, 3.8) is 0 Å². The Hall–Kier alpha value is -1.75. The first-order valence-electron chi connectivity index (χ1n) is 6.29. The summed E-state index contributed by atoms with van der Waals surface area (Å²) in [6, 6.07) is 7.36. The molecule has 5 nitrogen and oxygen atoms in total. The molecule has 0 unspecified atom stereocenters. The van der Waals surface area contributed by atoms with E-state index in [-0.39, 0.29) is 12.5 Å². The summed E-state index contributed by atoms with van der Waals surface area (Å²) in [5.41, 5.74) is 0. The van der Waals surface area contributed by atoms with Crippen LogP contribution in [0.15, 0.2) is 24.3 Å². The fourth-order valence-corrected chi connectivity index (χ4v) is 1.57. The number of carbonyl (C=O) groups excluding carboxylic acids is 1. The van der Waals surface area contributed by atoms with Gasteiger partial charge in [0.1, 0.15) is 11.5 Å². The predicted octanol–water partition coefficient (Wildman–Crippen LogP) is 1.30. The molecule has 1 aromatic carbocycles. The standard InChI is InChI=1S/C14H21NO4/c1-15(8-9-16)14(17)7-4-10-19-13-6-3-5-12(11-13)18-2/h3,5-6,11,16H,4,7-10H2,1-2H3. The molecule has 0 saturated carbocycles. The molecular weight excluding hydrogens is 246 g/mol. The molecule has 0 aliphatic heterocycles. The smallest absolute Gasteiger partial charge is 0.222 e. The number of benzene rings is 1. The minimum absolute atomic E-state index is 0.0114. The molecule has 0 saturated heterocycles. The van der Waals surface area contributed by atoms with Crippen molar-refractivity contribution in [2.75, 3.05) is 33.9 Å². The number of aliphatic hydroxyl groups excluding tert-OH is 1. The number of amides is 1. The van der Waals surface area contributed by atoms with Gasteiger partial charge in [0.25, 0.3) is 0 Å². The largest absolute Gasteiger partial charge is 0.497 e.